The van der Waals surface area contributed by atoms with Crippen LogP contribution in [0.15, 0.2) is 0 Å². The first-order valence-electron chi connectivity index (χ1n) is 8.69. The number of carboxylic acids is 1. The van der Waals surface area contributed by atoms with Crippen LogP contribution in [-0.2, 0) is 9.59 Å². The number of carboxylic acid groups (broad SMARTS) is 1. The second-order valence-corrected chi connectivity index (χ2v) is 6.16. The van der Waals surface area contributed by atoms with Crippen LogP contribution in [0.5, 0.6) is 0 Å². The van der Waals surface area contributed by atoms with Gasteiger partial charge in [0.2, 0.25) is 5.91 Å². The number of rotatable bonds is 12. The molecule has 0 aliphatic carbocycles. The zero-order chi connectivity index (χ0) is 15.5. The van der Waals surface area contributed by atoms with Gasteiger partial charge in [-0.25, -0.2) is 4.79 Å². The van der Waals surface area contributed by atoms with Crippen molar-refractivity contribution in [3.8, 4) is 0 Å². The zero-order valence-electron chi connectivity index (χ0n) is 13.5. The van der Waals surface area contributed by atoms with Gasteiger partial charge in [0.25, 0.3) is 0 Å². The van der Waals surface area contributed by atoms with Crippen molar-refractivity contribution in [1.29, 1.82) is 0 Å². The highest BCUT2D eigenvalue weighted by Gasteiger charge is 2.35. The SMILES string of the molecule is CCCCCCCCCCCCN1C(=O)CC[C@H]1C(=O)O. The van der Waals surface area contributed by atoms with Crippen LogP contribution in [0, 0.1) is 0 Å². The van der Waals surface area contributed by atoms with Gasteiger partial charge < -0.3 is 10.0 Å². The van der Waals surface area contributed by atoms with Gasteiger partial charge in [-0.3, -0.25) is 4.79 Å². The summed E-state index contributed by atoms with van der Waals surface area (Å²) in [6.45, 7) is 2.85. The fourth-order valence-electron chi connectivity index (χ4n) is 3.04. The normalized spacial score (nSPS) is 18.4. The molecule has 1 fully saturated rings. The number of unbranched alkanes of at least 4 members (excludes halogenated alkanes) is 9. The molecule has 1 rings (SSSR count). The molecule has 0 saturated carbocycles. The molecule has 1 aliphatic rings. The van der Waals surface area contributed by atoms with Gasteiger partial charge in [-0.15, -0.1) is 0 Å². The summed E-state index contributed by atoms with van der Waals surface area (Å²) in [5.41, 5.74) is 0. The predicted molar refractivity (Wildman–Crippen MR) is 84.2 cm³/mol. The molecular formula is C17H31NO3. The van der Waals surface area contributed by atoms with Gasteiger partial charge >= 0.3 is 5.97 Å². The Morgan fingerprint density at radius 1 is 1.05 bits per heavy atom. The summed E-state index contributed by atoms with van der Waals surface area (Å²) < 4.78 is 0. The van der Waals surface area contributed by atoms with Crippen molar-refractivity contribution in [3.05, 3.63) is 0 Å². The number of nitrogens with zero attached hydrogens (tertiary/aromatic N) is 1. The van der Waals surface area contributed by atoms with Gasteiger partial charge in [0, 0.05) is 13.0 Å². The molecule has 122 valence electrons. The minimum Gasteiger partial charge on any atom is -0.480 e. The average molecular weight is 297 g/mol. The fraction of sp³-hybridized carbons (Fsp3) is 0.882. The Labute approximate surface area is 128 Å². The van der Waals surface area contributed by atoms with Crippen LogP contribution in [0.4, 0.5) is 0 Å². The molecule has 0 spiro atoms. The van der Waals surface area contributed by atoms with E-state index in [9.17, 15) is 9.59 Å². The molecule has 4 heteroatoms. The number of carbonyl (C=O) groups is 2. The van der Waals surface area contributed by atoms with E-state index in [1.165, 1.54) is 51.4 Å². The van der Waals surface area contributed by atoms with E-state index < -0.39 is 12.0 Å². The highest BCUT2D eigenvalue weighted by Crippen LogP contribution is 2.20. The first-order chi connectivity index (χ1) is 10.2. The van der Waals surface area contributed by atoms with Crippen molar-refractivity contribution in [2.24, 2.45) is 0 Å². The third kappa shape index (κ3) is 6.96. The Kier molecular flexibility index (Phi) is 9.11. The summed E-state index contributed by atoms with van der Waals surface area (Å²) in [4.78, 5) is 24.3. The lowest BCUT2D eigenvalue weighted by Crippen LogP contribution is -2.39. The predicted octanol–water partition coefficient (Wildman–Crippen LogP) is 3.98. The molecule has 1 N–H and O–H groups in total. The summed E-state index contributed by atoms with van der Waals surface area (Å²) in [5.74, 6) is -0.841. The van der Waals surface area contributed by atoms with Crippen LogP contribution in [0.25, 0.3) is 0 Å². The van der Waals surface area contributed by atoms with Crippen LogP contribution in [-0.4, -0.2) is 34.5 Å². The monoisotopic (exact) mass is 297 g/mol. The van der Waals surface area contributed by atoms with Crippen molar-refractivity contribution in [3.63, 3.8) is 0 Å². The van der Waals surface area contributed by atoms with Crippen LogP contribution in [0.3, 0.4) is 0 Å². The van der Waals surface area contributed by atoms with Gasteiger partial charge in [-0.05, 0) is 12.8 Å². The van der Waals surface area contributed by atoms with Gasteiger partial charge in [-0.1, -0.05) is 64.7 Å². The Morgan fingerprint density at radius 2 is 1.57 bits per heavy atom. The molecule has 0 aromatic heterocycles. The number of hydrogen-bond donors (Lipinski definition) is 1. The molecule has 1 aliphatic heterocycles. The number of hydrogen-bond acceptors (Lipinski definition) is 2. The molecule has 0 bridgehead atoms. The molecule has 0 unspecified atom stereocenters. The lowest BCUT2D eigenvalue weighted by molar-refractivity contribution is -0.146. The van der Waals surface area contributed by atoms with E-state index in [2.05, 4.69) is 6.92 Å². The Hall–Kier alpha value is -1.06. The third-order valence-corrected chi connectivity index (χ3v) is 4.37. The Bertz CT molecular complexity index is 317. The number of carbonyl (C=O) groups excluding carboxylic acids is 1. The zero-order valence-corrected chi connectivity index (χ0v) is 13.5. The summed E-state index contributed by atoms with van der Waals surface area (Å²) in [7, 11) is 0. The van der Waals surface area contributed by atoms with Crippen molar-refractivity contribution in [1.82, 2.24) is 4.90 Å². The van der Waals surface area contributed by atoms with E-state index in [1.807, 2.05) is 0 Å². The number of amides is 1. The van der Waals surface area contributed by atoms with Gasteiger partial charge in [0.15, 0.2) is 0 Å². The van der Waals surface area contributed by atoms with Crippen LogP contribution in [0.1, 0.15) is 84.0 Å². The Balaban J connectivity index is 1.98. The molecule has 1 amide bonds. The highest BCUT2D eigenvalue weighted by molar-refractivity contribution is 5.87. The maximum atomic E-state index is 11.6. The summed E-state index contributed by atoms with van der Waals surface area (Å²) in [6.07, 6.45) is 13.4. The van der Waals surface area contributed by atoms with Crippen molar-refractivity contribution >= 4 is 11.9 Å². The molecule has 1 saturated heterocycles. The summed E-state index contributed by atoms with van der Waals surface area (Å²) in [5, 5.41) is 9.07. The van der Waals surface area contributed by atoms with E-state index >= 15 is 0 Å². The van der Waals surface area contributed by atoms with E-state index in [-0.39, 0.29) is 5.91 Å². The molecule has 1 atom stereocenters. The van der Waals surface area contributed by atoms with Crippen molar-refractivity contribution < 1.29 is 14.7 Å². The third-order valence-electron chi connectivity index (χ3n) is 4.37. The molecule has 0 radical (unpaired) electrons. The number of likely N-dealkylation sites (tertiary alicyclic amines) is 1. The van der Waals surface area contributed by atoms with Crippen molar-refractivity contribution in [2.45, 2.75) is 90.0 Å². The summed E-state index contributed by atoms with van der Waals surface area (Å²) >= 11 is 0. The maximum absolute atomic E-state index is 11.6. The molecule has 4 nitrogen and oxygen atoms in total. The van der Waals surface area contributed by atoms with E-state index in [0.717, 1.165) is 12.8 Å². The van der Waals surface area contributed by atoms with Crippen LogP contribution < -0.4 is 0 Å². The fourth-order valence-corrected chi connectivity index (χ4v) is 3.04. The highest BCUT2D eigenvalue weighted by atomic mass is 16.4. The Morgan fingerprint density at radius 3 is 2.10 bits per heavy atom. The molecule has 0 aromatic carbocycles. The standard InChI is InChI=1S/C17H31NO3/c1-2-3-4-5-6-7-8-9-10-11-14-18-15(17(20)21)12-13-16(18)19/h15H,2-14H2,1H3,(H,20,21)/t15-/m0/s1. The van der Waals surface area contributed by atoms with E-state index in [0.29, 0.717) is 19.4 Å². The van der Waals surface area contributed by atoms with E-state index in [1.54, 1.807) is 4.90 Å². The van der Waals surface area contributed by atoms with Crippen molar-refractivity contribution in [2.75, 3.05) is 6.54 Å². The quantitative estimate of drug-likeness (QED) is 0.554. The summed E-state index contributed by atoms with van der Waals surface area (Å²) in [6, 6.07) is -0.573. The average Bonchev–Trinajstić information content (AvgIpc) is 2.82. The van der Waals surface area contributed by atoms with Gasteiger partial charge in [0.05, 0.1) is 0 Å². The largest absolute Gasteiger partial charge is 0.480 e. The number of aliphatic carboxylic acids is 1. The maximum Gasteiger partial charge on any atom is 0.326 e. The van der Waals surface area contributed by atoms with Gasteiger partial charge in [0.1, 0.15) is 6.04 Å². The second-order valence-electron chi connectivity index (χ2n) is 6.16. The molecule has 1 heterocycles. The molecule has 21 heavy (non-hydrogen) atoms. The minimum absolute atomic E-state index is 0.0123. The lowest BCUT2D eigenvalue weighted by atomic mass is 10.1. The van der Waals surface area contributed by atoms with E-state index in [4.69, 9.17) is 5.11 Å². The molecular weight excluding hydrogens is 266 g/mol. The van der Waals surface area contributed by atoms with Gasteiger partial charge in [-0.2, -0.15) is 0 Å². The lowest BCUT2D eigenvalue weighted by Gasteiger charge is -2.21. The minimum atomic E-state index is -0.854. The topological polar surface area (TPSA) is 57.6 Å². The van der Waals surface area contributed by atoms with Crippen LogP contribution in [0.2, 0.25) is 0 Å². The first-order valence-corrected chi connectivity index (χ1v) is 8.69. The first kappa shape index (κ1) is 18.0. The second kappa shape index (κ2) is 10.6. The van der Waals surface area contributed by atoms with Crippen LogP contribution >= 0.6 is 0 Å². The smallest absolute Gasteiger partial charge is 0.326 e. The molecule has 0 aromatic rings.